The van der Waals surface area contributed by atoms with Gasteiger partial charge in [0.15, 0.2) is 0 Å². The number of hydrogen-bond acceptors (Lipinski definition) is 2. The number of amides is 1. The number of rotatable bonds is 3. The second kappa shape index (κ2) is 4.57. The lowest BCUT2D eigenvalue weighted by Gasteiger charge is -2.07. The molecule has 0 radical (unpaired) electrons. The average molecular weight is 231 g/mol. The third-order valence-electron chi connectivity index (χ3n) is 2.55. The molecule has 1 heterocycles. The smallest absolute Gasteiger partial charge is 0.251 e. The molecule has 4 heteroatoms. The number of carbonyl (C=O) groups is 1. The number of benzene rings is 1. The number of fused-ring (bicyclic) bond motifs is 1. The van der Waals surface area contributed by atoms with Gasteiger partial charge in [0.05, 0.1) is 11.0 Å². The summed E-state index contributed by atoms with van der Waals surface area (Å²) < 4.78 is 0. The second-order valence-electron chi connectivity index (χ2n) is 4.40. The summed E-state index contributed by atoms with van der Waals surface area (Å²) in [7, 11) is 0. The molecule has 0 aliphatic rings. The van der Waals surface area contributed by atoms with Crippen LogP contribution in [0.5, 0.6) is 0 Å². The minimum absolute atomic E-state index is 0.0467. The first-order valence-corrected chi connectivity index (χ1v) is 5.89. The van der Waals surface area contributed by atoms with E-state index >= 15 is 0 Å². The van der Waals surface area contributed by atoms with Crippen molar-refractivity contribution in [3.05, 3.63) is 29.6 Å². The van der Waals surface area contributed by atoms with E-state index in [4.69, 9.17) is 0 Å². The summed E-state index contributed by atoms with van der Waals surface area (Å²) in [5.74, 6) is 0.899. The van der Waals surface area contributed by atoms with Gasteiger partial charge in [-0.1, -0.05) is 6.92 Å². The van der Waals surface area contributed by atoms with Crippen LogP contribution in [0.2, 0.25) is 0 Å². The molecule has 0 fully saturated rings. The van der Waals surface area contributed by atoms with Crippen LogP contribution < -0.4 is 5.32 Å². The van der Waals surface area contributed by atoms with Gasteiger partial charge < -0.3 is 10.3 Å². The lowest BCUT2D eigenvalue weighted by atomic mass is 10.2. The van der Waals surface area contributed by atoms with Crippen LogP contribution in [0.15, 0.2) is 18.2 Å². The van der Waals surface area contributed by atoms with Gasteiger partial charge in [-0.3, -0.25) is 4.79 Å². The average Bonchev–Trinajstić information content (AvgIpc) is 2.69. The Bertz CT molecular complexity index is 543. The fourth-order valence-electron chi connectivity index (χ4n) is 1.72. The number of nitrogens with zero attached hydrogens (tertiary/aromatic N) is 1. The minimum atomic E-state index is -0.0467. The Hall–Kier alpha value is -1.84. The molecule has 4 nitrogen and oxygen atoms in total. The zero-order chi connectivity index (χ0) is 12.4. The van der Waals surface area contributed by atoms with Gasteiger partial charge in [0.25, 0.3) is 5.91 Å². The zero-order valence-corrected chi connectivity index (χ0v) is 10.4. The summed E-state index contributed by atoms with van der Waals surface area (Å²) in [6, 6.07) is 5.67. The van der Waals surface area contributed by atoms with Crippen LogP contribution in [0.4, 0.5) is 0 Å². The summed E-state index contributed by atoms with van der Waals surface area (Å²) in [6.45, 7) is 5.94. The molecule has 0 spiro atoms. The third-order valence-corrected chi connectivity index (χ3v) is 2.55. The predicted molar refractivity (Wildman–Crippen MR) is 68.1 cm³/mol. The van der Waals surface area contributed by atoms with E-state index in [0.717, 1.165) is 23.3 Å². The van der Waals surface area contributed by atoms with Gasteiger partial charge in [-0.2, -0.15) is 0 Å². The molecule has 1 amide bonds. The largest absolute Gasteiger partial charge is 0.350 e. The fraction of sp³-hybridized carbons (Fsp3) is 0.385. The maximum atomic E-state index is 11.8. The van der Waals surface area contributed by atoms with E-state index in [2.05, 4.69) is 15.3 Å². The Morgan fingerprint density at radius 3 is 2.88 bits per heavy atom. The topological polar surface area (TPSA) is 57.8 Å². The quantitative estimate of drug-likeness (QED) is 0.851. The van der Waals surface area contributed by atoms with Crippen LogP contribution in [-0.2, 0) is 6.42 Å². The Labute approximate surface area is 100 Å². The molecule has 0 bridgehead atoms. The first-order chi connectivity index (χ1) is 8.10. The number of aromatic amines is 1. The summed E-state index contributed by atoms with van der Waals surface area (Å²) in [6.07, 6.45) is 0.863. The molecule has 0 aliphatic carbocycles. The normalized spacial score (nSPS) is 11.1. The molecule has 0 saturated carbocycles. The number of hydrogen-bond donors (Lipinski definition) is 2. The van der Waals surface area contributed by atoms with E-state index in [0.29, 0.717) is 5.56 Å². The van der Waals surface area contributed by atoms with Crippen molar-refractivity contribution >= 4 is 16.9 Å². The standard InChI is InChI=1S/C13H17N3O/c1-4-12-15-10-6-5-9(7-11(10)16-12)13(17)14-8(2)3/h5-8H,4H2,1-3H3,(H,14,17)(H,15,16). The highest BCUT2D eigenvalue weighted by molar-refractivity contribution is 5.97. The Morgan fingerprint density at radius 2 is 2.24 bits per heavy atom. The summed E-state index contributed by atoms with van der Waals surface area (Å²) in [5.41, 5.74) is 2.48. The molecule has 2 rings (SSSR count). The van der Waals surface area contributed by atoms with E-state index in [9.17, 15) is 4.79 Å². The molecule has 2 aromatic rings. The van der Waals surface area contributed by atoms with Crippen molar-refractivity contribution in [1.82, 2.24) is 15.3 Å². The third kappa shape index (κ3) is 2.46. The summed E-state index contributed by atoms with van der Waals surface area (Å²) in [5, 5.41) is 2.87. The van der Waals surface area contributed by atoms with E-state index in [-0.39, 0.29) is 11.9 Å². The first-order valence-electron chi connectivity index (χ1n) is 5.89. The maximum Gasteiger partial charge on any atom is 0.251 e. The van der Waals surface area contributed by atoms with Crippen molar-refractivity contribution in [3.63, 3.8) is 0 Å². The van der Waals surface area contributed by atoms with Gasteiger partial charge in [0.1, 0.15) is 5.82 Å². The minimum Gasteiger partial charge on any atom is -0.350 e. The Morgan fingerprint density at radius 1 is 1.47 bits per heavy atom. The van der Waals surface area contributed by atoms with Crippen LogP contribution in [0.1, 0.15) is 37.0 Å². The highest BCUT2D eigenvalue weighted by Crippen LogP contribution is 2.14. The molecule has 0 saturated heterocycles. The molecular weight excluding hydrogens is 214 g/mol. The molecule has 1 aromatic carbocycles. The maximum absolute atomic E-state index is 11.8. The summed E-state index contributed by atoms with van der Waals surface area (Å²) >= 11 is 0. The van der Waals surface area contributed by atoms with Crippen LogP contribution in [0.25, 0.3) is 11.0 Å². The van der Waals surface area contributed by atoms with Crippen molar-refractivity contribution in [2.45, 2.75) is 33.2 Å². The Balaban J connectivity index is 2.33. The molecule has 0 aliphatic heterocycles. The summed E-state index contributed by atoms with van der Waals surface area (Å²) in [4.78, 5) is 19.4. The van der Waals surface area contributed by atoms with E-state index in [1.54, 1.807) is 6.07 Å². The van der Waals surface area contributed by atoms with Gasteiger partial charge >= 0.3 is 0 Å². The van der Waals surface area contributed by atoms with Crippen molar-refractivity contribution in [2.75, 3.05) is 0 Å². The lowest BCUT2D eigenvalue weighted by Crippen LogP contribution is -2.29. The molecule has 1 aromatic heterocycles. The molecule has 0 atom stereocenters. The number of carbonyl (C=O) groups excluding carboxylic acids is 1. The molecular formula is C13H17N3O. The zero-order valence-electron chi connectivity index (χ0n) is 10.4. The molecule has 90 valence electrons. The van der Waals surface area contributed by atoms with Gasteiger partial charge in [0, 0.05) is 18.0 Å². The van der Waals surface area contributed by atoms with Crippen LogP contribution in [0.3, 0.4) is 0 Å². The van der Waals surface area contributed by atoms with Crippen LogP contribution in [-0.4, -0.2) is 21.9 Å². The molecule has 17 heavy (non-hydrogen) atoms. The first kappa shape index (κ1) is 11.6. The highest BCUT2D eigenvalue weighted by atomic mass is 16.1. The van der Waals surface area contributed by atoms with Crippen molar-refractivity contribution in [3.8, 4) is 0 Å². The molecule has 2 N–H and O–H groups in total. The van der Waals surface area contributed by atoms with Crippen molar-refractivity contribution in [2.24, 2.45) is 0 Å². The SMILES string of the molecule is CCc1nc2ccc(C(=O)NC(C)C)cc2[nH]1. The van der Waals surface area contributed by atoms with E-state index in [1.165, 1.54) is 0 Å². The van der Waals surface area contributed by atoms with Crippen LogP contribution in [0, 0.1) is 0 Å². The number of imidazole rings is 1. The Kier molecular flexibility index (Phi) is 3.13. The van der Waals surface area contributed by atoms with E-state index in [1.807, 2.05) is 32.9 Å². The predicted octanol–water partition coefficient (Wildman–Crippen LogP) is 2.26. The van der Waals surface area contributed by atoms with Crippen LogP contribution >= 0.6 is 0 Å². The van der Waals surface area contributed by atoms with Crippen molar-refractivity contribution in [1.29, 1.82) is 0 Å². The van der Waals surface area contributed by atoms with Gasteiger partial charge in [-0.05, 0) is 32.0 Å². The van der Waals surface area contributed by atoms with Crippen molar-refractivity contribution < 1.29 is 4.79 Å². The fourth-order valence-corrected chi connectivity index (χ4v) is 1.72. The number of aryl methyl sites for hydroxylation is 1. The monoisotopic (exact) mass is 231 g/mol. The number of H-pyrrole nitrogens is 1. The lowest BCUT2D eigenvalue weighted by molar-refractivity contribution is 0.0943. The van der Waals surface area contributed by atoms with E-state index < -0.39 is 0 Å². The van der Waals surface area contributed by atoms with Gasteiger partial charge in [-0.25, -0.2) is 4.98 Å². The number of nitrogens with one attached hydrogen (secondary N) is 2. The number of aromatic nitrogens is 2. The van der Waals surface area contributed by atoms with Gasteiger partial charge in [0.2, 0.25) is 0 Å². The second-order valence-corrected chi connectivity index (χ2v) is 4.40. The molecule has 0 unspecified atom stereocenters. The van der Waals surface area contributed by atoms with Gasteiger partial charge in [-0.15, -0.1) is 0 Å². The highest BCUT2D eigenvalue weighted by Gasteiger charge is 2.09.